The minimum atomic E-state index is -0.260. The number of ether oxygens (including phenoxy) is 2. The van der Waals surface area contributed by atoms with E-state index in [0.29, 0.717) is 22.5 Å². The Labute approximate surface area is 168 Å². The van der Waals surface area contributed by atoms with Gasteiger partial charge in [-0.25, -0.2) is 0 Å². The molecule has 3 aromatic rings. The molecule has 6 nitrogen and oxygen atoms in total. The molecule has 0 aliphatic carbocycles. The van der Waals surface area contributed by atoms with Gasteiger partial charge in [-0.05, 0) is 56.0 Å². The van der Waals surface area contributed by atoms with Crippen LogP contribution in [0.5, 0.6) is 17.2 Å². The van der Waals surface area contributed by atoms with Crippen LogP contribution in [0.25, 0.3) is 11.0 Å². The molecular formula is C23H23NO5. The molecule has 0 radical (unpaired) electrons. The van der Waals surface area contributed by atoms with Gasteiger partial charge in [0.15, 0.2) is 6.61 Å². The highest BCUT2D eigenvalue weighted by atomic mass is 16.5. The zero-order valence-corrected chi connectivity index (χ0v) is 16.3. The average Bonchev–Trinajstić information content (AvgIpc) is 2.74. The van der Waals surface area contributed by atoms with E-state index in [0.717, 1.165) is 31.5 Å². The van der Waals surface area contributed by atoms with Gasteiger partial charge in [-0.1, -0.05) is 12.1 Å². The van der Waals surface area contributed by atoms with Gasteiger partial charge >= 0.3 is 0 Å². The summed E-state index contributed by atoms with van der Waals surface area (Å²) in [6, 6.07) is 12.4. The van der Waals surface area contributed by atoms with Crippen molar-refractivity contribution in [2.45, 2.75) is 26.2 Å². The summed E-state index contributed by atoms with van der Waals surface area (Å²) >= 11 is 0. The Hall–Kier alpha value is -3.28. The molecule has 1 aliphatic rings. The Morgan fingerprint density at radius 1 is 1.07 bits per heavy atom. The summed E-state index contributed by atoms with van der Waals surface area (Å²) in [7, 11) is 0. The number of hydrogen-bond donors (Lipinski definition) is 0. The molecule has 0 bridgehead atoms. The van der Waals surface area contributed by atoms with Crippen LogP contribution in [0.3, 0.4) is 0 Å². The minimum absolute atomic E-state index is 0.0202. The number of piperidine rings is 1. The smallest absolute Gasteiger partial charge is 0.260 e. The van der Waals surface area contributed by atoms with Crippen LogP contribution in [0.15, 0.2) is 57.9 Å². The summed E-state index contributed by atoms with van der Waals surface area (Å²) in [5.74, 6) is 1.16. The first-order valence-electron chi connectivity index (χ1n) is 9.81. The number of amides is 1. The van der Waals surface area contributed by atoms with Crippen LogP contribution in [0, 0.1) is 6.92 Å². The second-order valence-corrected chi connectivity index (χ2v) is 7.24. The van der Waals surface area contributed by atoms with E-state index in [-0.39, 0.29) is 23.7 Å². The molecule has 150 valence electrons. The maximum atomic E-state index is 12.7. The average molecular weight is 393 g/mol. The zero-order chi connectivity index (χ0) is 20.2. The molecule has 29 heavy (non-hydrogen) atoms. The summed E-state index contributed by atoms with van der Waals surface area (Å²) in [6.07, 6.45) is 4.55. The molecule has 0 unspecified atom stereocenters. The van der Waals surface area contributed by atoms with Crippen molar-refractivity contribution in [2.24, 2.45) is 0 Å². The number of fused-ring (bicyclic) bond motifs is 1. The third-order valence-corrected chi connectivity index (χ3v) is 5.00. The number of carbonyl (C=O) groups excluding carboxylic acids is 1. The largest absolute Gasteiger partial charge is 0.484 e. The second-order valence-electron chi connectivity index (χ2n) is 7.24. The predicted octanol–water partition coefficient (Wildman–Crippen LogP) is 4.29. The van der Waals surface area contributed by atoms with Crippen LogP contribution in [-0.4, -0.2) is 30.5 Å². The van der Waals surface area contributed by atoms with E-state index < -0.39 is 0 Å². The molecule has 1 aromatic heterocycles. The van der Waals surface area contributed by atoms with E-state index in [1.54, 1.807) is 24.3 Å². The van der Waals surface area contributed by atoms with Gasteiger partial charge in [-0.2, -0.15) is 0 Å². The lowest BCUT2D eigenvalue weighted by atomic mass is 10.1. The third kappa shape index (κ3) is 4.42. The lowest BCUT2D eigenvalue weighted by molar-refractivity contribution is -0.134. The van der Waals surface area contributed by atoms with Crippen LogP contribution >= 0.6 is 0 Å². The van der Waals surface area contributed by atoms with Gasteiger partial charge in [0.25, 0.3) is 5.91 Å². The van der Waals surface area contributed by atoms with E-state index in [4.69, 9.17) is 13.9 Å². The van der Waals surface area contributed by atoms with E-state index in [1.807, 2.05) is 30.0 Å². The first-order chi connectivity index (χ1) is 14.1. The number of benzene rings is 2. The lowest BCUT2D eigenvalue weighted by Crippen LogP contribution is -2.38. The molecule has 0 atom stereocenters. The number of likely N-dealkylation sites (tertiary alicyclic amines) is 1. The molecule has 2 aromatic carbocycles. The topological polar surface area (TPSA) is 69.0 Å². The number of aryl methyl sites for hydroxylation is 1. The lowest BCUT2D eigenvalue weighted by Gasteiger charge is -2.26. The zero-order valence-electron chi connectivity index (χ0n) is 16.3. The molecule has 1 amide bonds. The minimum Gasteiger partial charge on any atom is -0.484 e. The fraction of sp³-hybridized carbons (Fsp3) is 0.304. The van der Waals surface area contributed by atoms with Gasteiger partial charge < -0.3 is 18.8 Å². The third-order valence-electron chi connectivity index (χ3n) is 5.00. The summed E-state index contributed by atoms with van der Waals surface area (Å²) in [6.45, 7) is 3.51. The van der Waals surface area contributed by atoms with Gasteiger partial charge in [0.1, 0.15) is 23.3 Å². The molecule has 1 fully saturated rings. The van der Waals surface area contributed by atoms with Crippen molar-refractivity contribution in [3.8, 4) is 17.2 Å². The van der Waals surface area contributed by atoms with E-state index >= 15 is 0 Å². The summed E-state index contributed by atoms with van der Waals surface area (Å²) in [4.78, 5) is 26.8. The van der Waals surface area contributed by atoms with Crippen LogP contribution in [0.4, 0.5) is 0 Å². The number of carbonyl (C=O) groups is 1. The van der Waals surface area contributed by atoms with Gasteiger partial charge in [0, 0.05) is 19.2 Å². The van der Waals surface area contributed by atoms with Crippen molar-refractivity contribution in [2.75, 3.05) is 19.7 Å². The Morgan fingerprint density at radius 3 is 2.69 bits per heavy atom. The Bertz CT molecular complexity index is 1080. The maximum absolute atomic E-state index is 12.7. The summed E-state index contributed by atoms with van der Waals surface area (Å²) in [5, 5.41) is 0.393. The Balaban J connectivity index is 1.48. The van der Waals surface area contributed by atoms with Gasteiger partial charge in [0.2, 0.25) is 11.2 Å². The predicted molar refractivity (Wildman–Crippen MR) is 110 cm³/mol. The van der Waals surface area contributed by atoms with Crippen molar-refractivity contribution in [3.05, 3.63) is 64.5 Å². The summed E-state index contributed by atoms with van der Waals surface area (Å²) in [5.41, 5.74) is 1.16. The molecule has 6 heteroatoms. The van der Waals surface area contributed by atoms with Crippen molar-refractivity contribution in [3.63, 3.8) is 0 Å². The Kier molecular flexibility index (Phi) is 5.51. The highest BCUT2D eigenvalue weighted by Gasteiger charge is 2.17. The van der Waals surface area contributed by atoms with E-state index in [1.165, 1.54) is 12.7 Å². The van der Waals surface area contributed by atoms with E-state index in [9.17, 15) is 9.59 Å². The standard InChI is InChI=1S/C23H23NO5/c1-16-6-5-7-18(12-16)29-21-14-28-20-13-17(8-9-19(20)23(21)26)27-15-22(25)24-10-3-2-4-11-24/h5-9,12-14H,2-4,10-11,15H2,1H3. The number of nitrogens with zero attached hydrogens (tertiary/aromatic N) is 1. The fourth-order valence-electron chi connectivity index (χ4n) is 3.44. The van der Waals surface area contributed by atoms with Crippen molar-refractivity contribution in [1.29, 1.82) is 0 Å². The molecule has 0 saturated carbocycles. The normalized spacial score (nSPS) is 14.0. The Morgan fingerprint density at radius 2 is 1.90 bits per heavy atom. The second kappa shape index (κ2) is 8.39. The molecule has 2 heterocycles. The fourth-order valence-corrected chi connectivity index (χ4v) is 3.44. The maximum Gasteiger partial charge on any atom is 0.260 e. The van der Waals surface area contributed by atoms with Crippen LogP contribution in [-0.2, 0) is 4.79 Å². The quantitative estimate of drug-likeness (QED) is 0.647. The summed E-state index contributed by atoms with van der Waals surface area (Å²) < 4.78 is 16.9. The highest BCUT2D eigenvalue weighted by molar-refractivity contribution is 5.80. The molecular weight excluding hydrogens is 370 g/mol. The first kappa shape index (κ1) is 19.1. The SMILES string of the molecule is Cc1cccc(Oc2coc3cc(OCC(=O)N4CCCCC4)ccc3c2=O)c1. The van der Waals surface area contributed by atoms with Crippen molar-refractivity contribution >= 4 is 16.9 Å². The molecule has 1 aliphatic heterocycles. The monoisotopic (exact) mass is 393 g/mol. The molecule has 0 N–H and O–H groups in total. The molecule has 0 spiro atoms. The van der Waals surface area contributed by atoms with Gasteiger partial charge in [0.05, 0.1) is 5.39 Å². The van der Waals surface area contributed by atoms with Gasteiger partial charge in [-0.15, -0.1) is 0 Å². The van der Waals surface area contributed by atoms with Crippen molar-refractivity contribution < 1.29 is 18.7 Å². The first-order valence-corrected chi connectivity index (χ1v) is 9.81. The van der Waals surface area contributed by atoms with Crippen LogP contribution < -0.4 is 14.9 Å². The number of hydrogen-bond acceptors (Lipinski definition) is 5. The van der Waals surface area contributed by atoms with Gasteiger partial charge in [-0.3, -0.25) is 9.59 Å². The van der Waals surface area contributed by atoms with Crippen LogP contribution in [0.2, 0.25) is 0 Å². The molecule has 4 rings (SSSR count). The van der Waals surface area contributed by atoms with Crippen molar-refractivity contribution in [1.82, 2.24) is 4.90 Å². The van der Waals surface area contributed by atoms with Crippen LogP contribution in [0.1, 0.15) is 24.8 Å². The highest BCUT2D eigenvalue weighted by Crippen LogP contribution is 2.24. The number of rotatable bonds is 5. The molecule has 1 saturated heterocycles. The van der Waals surface area contributed by atoms with E-state index in [2.05, 4.69) is 0 Å².